The van der Waals surface area contributed by atoms with E-state index in [1.54, 1.807) is 0 Å². The molecule has 0 bridgehead atoms. The maximum atomic E-state index is 10.4. The van der Waals surface area contributed by atoms with Gasteiger partial charge < -0.3 is 16.6 Å². The summed E-state index contributed by atoms with van der Waals surface area (Å²) in [4.78, 5) is 10.4. The number of nitrogens with two attached hydrogens (primary N) is 2. The summed E-state index contributed by atoms with van der Waals surface area (Å²) < 4.78 is 0. The van der Waals surface area contributed by atoms with Gasteiger partial charge in [0.25, 0.3) is 0 Å². The first kappa shape index (κ1) is 17.3. The van der Waals surface area contributed by atoms with Crippen LogP contribution >= 0.6 is 0 Å². The Morgan fingerprint density at radius 2 is 1.37 bits per heavy atom. The molecule has 1 aromatic rings. The summed E-state index contributed by atoms with van der Waals surface area (Å²) in [6.07, 6.45) is 8.49. The molecule has 1 aromatic carbocycles. The van der Waals surface area contributed by atoms with E-state index < -0.39 is 5.97 Å². The molecule has 0 saturated carbocycles. The largest absolute Gasteiger partial charge is 0.478 e. The zero-order valence-corrected chi connectivity index (χ0v) is 12.0. The SMILES string of the molecule is CCCCCCCC.Nc1cc(N)cc(C(=O)O)c1. The summed E-state index contributed by atoms with van der Waals surface area (Å²) in [5, 5.41) is 8.52. The normalized spacial score (nSPS) is 9.58. The zero-order valence-electron chi connectivity index (χ0n) is 12.0. The monoisotopic (exact) mass is 266 g/mol. The van der Waals surface area contributed by atoms with Gasteiger partial charge in [-0.05, 0) is 18.2 Å². The number of nitrogen functional groups attached to an aromatic ring is 2. The molecule has 0 radical (unpaired) electrons. The van der Waals surface area contributed by atoms with Crippen molar-refractivity contribution in [3.8, 4) is 0 Å². The molecule has 0 aromatic heterocycles. The van der Waals surface area contributed by atoms with Gasteiger partial charge in [0.1, 0.15) is 0 Å². The van der Waals surface area contributed by atoms with Crippen LogP contribution in [0.4, 0.5) is 11.4 Å². The average molecular weight is 266 g/mol. The molecule has 5 N–H and O–H groups in total. The number of unbranched alkanes of at least 4 members (excludes halogenated alkanes) is 5. The van der Waals surface area contributed by atoms with Crippen molar-refractivity contribution in [3.63, 3.8) is 0 Å². The van der Waals surface area contributed by atoms with Crippen LogP contribution in [0.2, 0.25) is 0 Å². The lowest BCUT2D eigenvalue weighted by Crippen LogP contribution is -1.99. The van der Waals surface area contributed by atoms with Crippen molar-refractivity contribution in [2.24, 2.45) is 0 Å². The number of carboxylic acids is 1. The van der Waals surface area contributed by atoms with Crippen LogP contribution in [0.15, 0.2) is 18.2 Å². The fourth-order valence-electron chi connectivity index (χ4n) is 1.65. The Morgan fingerprint density at radius 1 is 0.947 bits per heavy atom. The summed E-state index contributed by atoms with van der Waals surface area (Å²) in [5.41, 5.74) is 11.5. The third-order valence-electron chi connectivity index (χ3n) is 2.68. The molecule has 0 aliphatic rings. The summed E-state index contributed by atoms with van der Waals surface area (Å²) in [6.45, 7) is 4.51. The molecule has 0 amide bonds. The number of rotatable bonds is 6. The molecule has 4 heteroatoms. The number of anilines is 2. The van der Waals surface area contributed by atoms with Gasteiger partial charge in [0.05, 0.1) is 5.56 Å². The van der Waals surface area contributed by atoms with Crippen molar-refractivity contribution in [1.29, 1.82) is 0 Å². The van der Waals surface area contributed by atoms with E-state index in [2.05, 4.69) is 13.8 Å². The van der Waals surface area contributed by atoms with Gasteiger partial charge in [-0.2, -0.15) is 0 Å². The van der Waals surface area contributed by atoms with Crippen LogP contribution in [0.1, 0.15) is 62.7 Å². The lowest BCUT2D eigenvalue weighted by molar-refractivity contribution is 0.0697. The second-order valence-electron chi connectivity index (χ2n) is 4.61. The molecule has 0 aliphatic carbocycles. The highest BCUT2D eigenvalue weighted by atomic mass is 16.4. The maximum Gasteiger partial charge on any atom is 0.335 e. The Balaban J connectivity index is 0.000000362. The fraction of sp³-hybridized carbons (Fsp3) is 0.533. The third kappa shape index (κ3) is 8.94. The minimum Gasteiger partial charge on any atom is -0.478 e. The molecule has 0 spiro atoms. The lowest BCUT2D eigenvalue weighted by atomic mass is 10.1. The van der Waals surface area contributed by atoms with Crippen molar-refractivity contribution in [3.05, 3.63) is 23.8 Å². The number of hydrogen-bond acceptors (Lipinski definition) is 3. The molecule has 108 valence electrons. The predicted molar refractivity (Wildman–Crippen MR) is 81.3 cm³/mol. The van der Waals surface area contributed by atoms with Crippen molar-refractivity contribution in [1.82, 2.24) is 0 Å². The predicted octanol–water partition coefficient (Wildman–Crippen LogP) is 3.92. The summed E-state index contributed by atoms with van der Waals surface area (Å²) >= 11 is 0. The van der Waals surface area contributed by atoms with Gasteiger partial charge in [0, 0.05) is 11.4 Å². The molecule has 0 unspecified atom stereocenters. The average Bonchev–Trinajstić information content (AvgIpc) is 2.34. The number of carbonyl (C=O) groups is 1. The highest BCUT2D eigenvalue weighted by molar-refractivity contribution is 5.90. The Morgan fingerprint density at radius 3 is 1.68 bits per heavy atom. The second-order valence-corrected chi connectivity index (χ2v) is 4.61. The Kier molecular flexibility index (Phi) is 9.31. The molecule has 4 nitrogen and oxygen atoms in total. The molecule has 0 heterocycles. The van der Waals surface area contributed by atoms with Crippen molar-refractivity contribution < 1.29 is 9.90 Å². The highest BCUT2D eigenvalue weighted by Gasteiger charge is 2.02. The number of benzene rings is 1. The highest BCUT2D eigenvalue weighted by Crippen LogP contribution is 2.13. The Hall–Kier alpha value is -1.71. The summed E-state index contributed by atoms with van der Waals surface area (Å²) in [6, 6.07) is 4.23. The maximum absolute atomic E-state index is 10.4. The summed E-state index contributed by atoms with van der Waals surface area (Å²) in [7, 11) is 0. The lowest BCUT2D eigenvalue weighted by Gasteiger charge is -1.98. The van der Waals surface area contributed by atoms with Gasteiger partial charge in [-0.25, -0.2) is 4.79 Å². The van der Waals surface area contributed by atoms with E-state index in [4.69, 9.17) is 16.6 Å². The van der Waals surface area contributed by atoms with Crippen LogP contribution in [0.3, 0.4) is 0 Å². The smallest absolute Gasteiger partial charge is 0.335 e. The van der Waals surface area contributed by atoms with Crippen LogP contribution < -0.4 is 11.5 Å². The minimum absolute atomic E-state index is 0.113. The first-order valence-corrected chi connectivity index (χ1v) is 6.90. The van der Waals surface area contributed by atoms with Gasteiger partial charge in [0.2, 0.25) is 0 Å². The van der Waals surface area contributed by atoms with E-state index in [1.807, 2.05) is 0 Å². The van der Waals surface area contributed by atoms with Crippen LogP contribution in [0.5, 0.6) is 0 Å². The zero-order chi connectivity index (χ0) is 14.7. The quantitative estimate of drug-likeness (QED) is 0.538. The van der Waals surface area contributed by atoms with E-state index in [-0.39, 0.29) is 5.56 Å². The Bertz CT molecular complexity index is 352. The van der Waals surface area contributed by atoms with Crippen molar-refractivity contribution in [2.75, 3.05) is 11.5 Å². The molecule has 0 fully saturated rings. The van der Waals surface area contributed by atoms with Gasteiger partial charge in [0.15, 0.2) is 0 Å². The van der Waals surface area contributed by atoms with E-state index in [0.717, 1.165) is 0 Å². The van der Waals surface area contributed by atoms with Crippen molar-refractivity contribution >= 4 is 17.3 Å². The standard InChI is InChI=1S/C8H18.C7H8N2O2/c1-3-5-7-8-6-4-2;8-5-1-4(7(10)11)2-6(9)3-5/h3-8H2,1-2H3;1-3H,8-9H2,(H,10,11). The number of aromatic carboxylic acids is 1. The van der Waals surface area contributed by atoms with Crippen LogP contribution in [-0.4, -0.2) is 11.1 Å². The van der Waals surface area contributed by atoms with Crippen LogP contribution in [0.25, 0.3) is 0 Å². The summed E-state index contributed by atoms with van der Waals surface area (Å²) in [5.74, 6) is -1.02. The molecular weight excluding hydrogens is 240 g/mol. The molecule has 19 heavy (non-hydrogen) atoms. The van der Waals surface area contributed by atoms with Gasteiger partial charge in [-0.3, -0.25) is 0 Å². The van der Waals surface area contributed by atoms with E-state index >= 15 is 0 Å². The van der Waals surface area contributed by atoms with E-state index in [0.29, 0.717) is 11.4 Å². The first-order chi connectivity index (χ1) is 9.01. The molecule has 0 saturated heterocycles. The van der Waals surface area contributed by atoms with Crippen LogP contribution in [0, 0.1) is 0 Å². The fourth-order valence-corrected chi connectivity index (χ4v) is 1.65. The van der Waals surface area contributed by atoms with Crippen molar-refractivity contribution in [2.45, 2.75) is 52.4 Å². The van der Waals surface area contributed by atoms with Crippen LogP contribution in [-0.2, 0) is 0 Å². The second kappa shape index (κ2) is 10.2. The first-order valence-electron chi connectivity index (χ1n) is 6.90. The number of carboxylic acid groups (broad SMARTS) is 1. The van der Waals surface area contributed by atoms with E-state index in [1.165, 1.54) is 56.7 Å². The minimum atomic E-state index is -1.02. The third-order valence-corrected chi connectivity index (χ3v) is 2.68. The topological polar surface area (TPSA) is 89.3 Å². The van der Waals surface area contributed by atoms with Gasteiger partial charge >= 0.3 is 5.97 Å². The van der Waals surface area contributed by atoms with Gasteiger partial charge in [-0.15, -0.1) is 0 Å². The molecule has 0 aliphatic heterocycles. The molecular formula is C15H26N2O2. The number of hydrogen-bond donors (Lipinski definition) is 3. The molecule has 1 rings (SSSR count). The Labute approximate surface area is 115 Å². The van der Waals surface area contributed by atoms with E-state index in [9.17, 15) is 4.79 Å². The molecule has 0 atom stereocenters. The van der Waals surface area contributed by atoms with Gasteiger partial charge in [-0.1, -0.05) is 52.4 Å².